The molecule has 0 spiro atoms. The Labute approximate surface area is 117 Å². The van der Waals surface area contributed by atoms with Gasteiger partial charge in [0.25, 0.3) is 0 Å². The first-order valence-corrected chi connectivity index (χ1v) is 7.15. The predicted octanol–water partition coefficient (Wildman–Crippen LogP) is 3.54. The topological polar surface area (TPSA) is 44.9 Å². The Morgan fingerprint density at radius 3 is 2.95 bits per heavy atom. The largest absolute Gasteiger partial charge is 0.360 e. The molecule has 1 fully saturated rings. The van der Waals surface area contributed by atoms with E-state index in [2.05, 4.69) is 10.3 Å². The van der Waals surface area contributed by atoms with E-state index in [9.17, 15) is 4.79 Å². The van der Waals surface area contributed by atoms with Crippen molar-refractivity contribution < 1.29 is 4.79 Å². The second kappa shape index (κ2) is 5.35. The summed E-state index contributed by atoms with van der Waals surface area (Å²) in [5.41, 5.74) is 1.68. The number of carbonyl (C=O) groups excluding carboxylic acids is 1. The lowest BCUT2D eigenvalue weighted by atomic mass is 10.1. The summed E-state index contributed by atoms with van der Waals surface area (Å²) in [6.07, 6.45) is 6.70. The molecule has 100 valence electrons. The number of nitrogens with one attached hydrogen (secondary N) is 2. The van der Waals surface area contributed by atoms with E-state index in [0.717, 1.165) is 16.5 Å². The number of aromatic amines is 1. The molecule has 1 saturated carbocycles. The summed E-state index contributed by atoms with van der Waals surface area (Å²) in [6, 6.07) is 6.08. The van der Waals surface area contributed by atoms with Crippen LogP contribution in [0.1, 0.15) is 36.0 Å². The van der Waals surface area contributed by atoms with Gasteiger partial charge in [0, 0.05) is 33.7 Å². The lowest BCUT2D eigenvalue weighted by Crippen LogP contribution is -2.31. The van der Waals surface area contributed by atoms with Gasteiger partial charge in [0.2, 0.25) is 0 Å². The normalized spacial score (nSPS) is 16.3. The fourth-order valence-electron chi connectivity index (χ4n) is 2.79. The molecule has 1 aromatic heterocycles. The zero-order valence-electron chi connectivity index (χ0n) is 10.7. The molecular formula is C15H17ClN2O. The third-order valence-corrected chi connectivity index (χ3v) is 4.09. The van der Waals surface area contributed by atoms with E-state index in [1.807, 2.05) is 18.2 Å². The summed E-state index contributed by atoms with van der Waals surface area (Å²) < 4.78 is 0. The predicted molar refractivity (Wildman–Crippen MR) is 77.9 cm³/mol. The van der Waals surface area contributed by atoms with E-state index in [-0.39, 0.29) is 5.78 Å². The van der Waals surface area contributed by atoms with Crippen LogP contribution in [0.2, 0.25) is 5.02 Å². The van der Waals surface area contributed by atoms with Crippen molar-refractivity contribution in [3.05, 3.63) is 35.0 Å². The molecule has 19 heavy (non-hydrogen) atoms. The number of rotatable bonds is 4. The van der Waals surface area contributed by atoms with Gasteiger partial charge in [0.1, 0.15) is 0 Å². The summed E-state index contributed by atoms with van der Waals surface area (Å²) in [5, 5.41) is 4.92. The molecule has 1 aromatic carbocycles. The fourth-order valence-corrected chi connectivity index (χ4v) is 2.96. The third-order valence-electron chi connectivity index (χ3n) is 3.85. The van der Waals surface area contributed by atoms with Crippen LogP contribution in [0, 0.1) is 0 Å². The van der Waals surface area contributed by atoms with E-state index < -0.39 is 0 Å². The Morgan fingerprint density at radius 2 is 2.16 bits per heavy atom. The minimum Gasteiger partial charge on any atom is -0.360 e. The highest BCUT2D eigenvalue weighted by molar-refractivity contribution is 6.31. The Bertz CT molecular complexity index is 599. The molecule has 0 amide bonds. The van der Waals surface area contributed by atoms with Crippen molar-refractivity contribution in [1.82, 2.24) is 10.3 Å². The standard InChI is InChI=1S/C15H17ClN2O/c16-10-5-6-14-12(7-10)13(8-18-14)15(19)9-17-11-3-1-2-4-11/h5-8,11,17-18H,1-4,9H2. The van der Waals surface area contributed by atoms with Gasteiger partial charge < -0.3 is 10.3 Å². The van der Waals surface area contributed by atoms with Crippen LogP contribution in [0.5, 0.6) is 0 Å². The quantitative estimate of drug-likeness (QED) is 0.839. The molecule has 1 aliphatic carbocycles. The third kappa shape index (κ3) is 2.67. The van der Waals surface area contributed by atoms with Gasteiger partial charge in [-0.2, -0.15) is 0 Å². The summed E-state index contributed by atoms with van der Waals surface area (Å²) >= 11 is 5.99. The maximum Gasteiger partial charge on any atom is 0.178 e. The summed E-state index contributed by atoms with van der Waals surface area (Å²) in [7, 11) is 0. The lowest BCUT2D eigenvalue weighted by Gasteiger charge is -2.10. The van der Waals surface area contributed by atoms with Crippen LogP contribution in [-0.2, 0) is 0 Å². The number of carbonyl (C=O) groups is 1. The monoisotopic (exact) mass is 276 g/mol. The molecule has 1 aliphatic rings. The number of halogens is 1. The molecule has 0 unspecified atom stereocenters. The van der Waals surface area contributed by atoms with E-state index in [1.54, 1.807) is 6.20 Å². The van der Waals surface area contributed by atoms with Crippen LogP contribution in [-0.4, -0.2) is 23.4 Å². The van der Waals surface area contributed by atoms with E-state index in [0.29, 0.717) is 17.6 Å². The van der Waals surface area contributed by atoms with E-state index >= 15 is 0 Å². The number of hydrogen-bond donors (Lipinski definition) is 2. The minimum atomic E-state index is 0.125. The first kappa shape index (κ1) is 12.7. The van der Waals surface area contributed by atoms with Crippen LogP contribution in [0.4, 0.5) is 0 Å². The summed E-state index contributed by atoms with van der Waals surface area (Å²) in [6.45, 7) is 0.407. The minimum absolute atomic E-state index is 0.125. The maximum atomic E-state index is 12.3. The van der Waals surface area contributed by atoms with E-state index in [4.69, 9.17) is 11.6 Å². The number of ketones is 1. The SMILES string of the molecule is O=C(CNC1CCCC1)c1c[nH]c2ccc(Cl)cc12. The molecule has 0 saturated heterocycles. The molecule has 0 atom stereocenters. The lowest BCUT2D eigenvalue weighted by molar-refractivity contribution is 0.0989. The molecule has 1 heterocycles. The fraction of sp³-hybridized carbons (Fsp3) is 0.400. The molecule has 0 bridgehead atoms. The number of Topliss-reactive ketones (excluding diaryl/α,β-unsaturated/α-hetero) is 1. The van der Waals surface area contributed by atoms with Gasteiger partial charge in [-0.25, -0.2) is 0 Å². The number of aromatic nitrogens is 1. The Kier molecular flexibility index (Phi) is 3.58. The number of benzene rings is 1. The molecule has 4 heteroatoms. The van der Waals surface area contributed by atoms with Crippen LogP contribution in [0.25, 0.3) is 10.9 Å². The van der Waals surface area contributed by atoms with Gasteiger partial charge >= 0.3 is 0 Å². The molecule has 2 N–H and O–H groups in total. The maximum absolute atomic E-state index is 12.3. The van der Waals surface area contributed by atoms with Crippen LogP contribution >= 0.6 is 11.6 Å². The highest BCUT2D eigenvalue weighted by atomic mass is 35.5. The van der Waals surface area contributed by atoms with Crippen molar-refractivity contribution in [3.8, 4) is 0 Å². The van der Waals surface area contributed by atoms with Crippen molar-refractivity contribution in [2.45, 2.75) is 31.7 Å². The van der Waals surface area contributed by atoms with Crippen LogP contribution in [0.3, 0.4) is 0 Å². The zero-order chi connectivity index (χ0) is 13.2. The number of hydrogen-bond acceptors (Lipinski definition) is 2. The van der Waals surface area contributed by atoms with Crippen molar-refractivity contribution in [3.63, 3.8) is 0 Å². The van der Waals surface area contributed by atoms with Crippen molar-refractivity contribution in [1.29, 1.82) is 0 Å². The van der Waals surface area contributed by atoms with Crippen molar-refractivity contribution in [2.75, 3.05) is 6.54 Å². The second-order valence-corrected chi connectivity index (χ2v) is 5.61. The highest BCUT2D eigenvalue weighted by Gasteiger charge is 2.17. The molecule has 0 aliphatic heterocycles. The molecular weight excluding hydrogens is 260 g/mol. The van der Waals surface area contributed by atoms with Gasteiger partial charge in [0.15, 0.2) is 5.78 Å². The van der Waals surface area contributed by atoms with Gasteiger partial charge in [0.05, 0.1) is 6.54 Å². The van der Waals surface area contributed by atoms with Gasteiger partial charge in [-0.1, -0.05) is 24.4 Å². The summed E-state index contributed by atoms with van der Waals surface area (Å²) in [5.74, 6) is 0.125. The first-order valence-electron chi connectivity index (χ1n) is 6.77. The highest BCUT2D eigenvalue weighted by Crippen LogP contribution is 2.23. The Balaban J connectivity index is 1.75. The van der Waals surface area contributed by atoms with Crippen LogP contribution in [0.15, 0.2) is 24.4 Å². The van der Waals surface area contributed by atoms with E-state index in [1.165, 1.54) is 25.7 Å². The summed E-state index contributed by atoms with van der Waals surface area (Å²) in [4.78, 5) is 15.4. The average Bonchev–Trinajstić information content (AvgIpc) is 3.04. The first-order chi connectivity index (χ1) is 9.24. The van der Waals surface area contributed by atoms with Gasteiger partial charge in [-0.05, 0) is 31.0 Å². The Hall–Kier alpha value is -1.32. The molecule has 3 nitrogen and oxygen atoms in total. The van der Waals surface area contributed by atoms with Gasteiger partial charge in [-0.15, -0.1) is 0 Å². The number of H-pyrrole nitrogens is 1. The molecule has 0 radical (unpaired) electrons. The number of fused-ring (bicyclic) bond motifs is 1. The van der Waals surface area contributed by atoms with Gasteiger partial charge in [-0.3, -0.25) is 4.79 Å². The van der Waals surface area contributed by atoms with Crippen molar-refractivity contribution in [2.24, 2.45) is 0 Å². The molecule has 2 aromatic rings. The Morgan fingerprint density at radius 1 is 1.37 bits per heavy atom. The average molecular weight is 277 g/mol. The van der Waals surface area contributed by atoms with Crippen LogP contribution < -0.4 is 5.32 Å². The van der Waals surface area contributed by atoms with Crippen molar-refractivity contribution >= 4 is 28.3 Å². The zero-order valence-corrected chi connectivity index (χ0v) is 11.5. The molecule has 3 rings (SSSR count). The second-order valence-electron chi connectivity index (χ2n) is 5.18. The smallest absolute Gasteiger partial charge is 0.178 e.